The molecule has 0 spiro atoms. The van der Waals surface area contributed by atoms with Gasteiger partial charge in [0, 0.05) is 13.1 Å². The summed E-state index contributed by atoms with van der Waals surface area (Å²) in [7, 11) is 0. The Hall–Kier alpha value is -2.57. The van der Waals surface area contributed by atoms with Crippen LogP contribution in [-0.2, 0) is 16.0 Å². The summed E-state index contributed by atoms with van der Waals surface area (Å²) in [5.41, 5.74) is -0.359. The Morgan fingerprint density at radius 3 is 2.30 bits per heavy atom. The van der Waals surface area contributed by atoms with Crippen LogP contribution in [0.25, 0.3) is 0 Å². The van der Waals surface area contributed by atoms with Crippen molar-refractivity contribution in [1.29, 1.82) is 0 Å². The van der Waals surface area contributed by atoms with E-state index in [1.54, 1.807) is 0 Å². The van der Waals surface area contributed by atoms with E-state index in [4.69, 9.17) is 10.2 Å². The lowest BCUT2D eigenvalue weighted by atomic mass is 9.87. The average Bonchev–Trinajstić information content (AvgIpc) is 2.50. The first kappa shape index (κ1) is 18.5. The van der Waals surface area contributed by atoms with E-state index in [0.29, 0.717) is 6.54 Å². The highest BCUT2D eigenvalue weighted by Crippen LogP contribution is 2.20. The number of urea groups is 1. The smallest absolute Gasteiger partial charge is 0.314 e. The number of aliphatic carboxylic acids is 2. The molecule has 7 nitrogen and oxygen atoms in total. The first-order chi connectivity index (χ1) is 10.8. The van der Waals surface area contributed by atoms with Crippen molar-refractivity contribution in [3.63, 3.8) is 0 Å². The lowest BCUT2D eigenvalue weighted by Gasteiger charge is -2.23. The second kappa shape index (κ2) is 8.77. The Morgan fingerprint density at radius 1 is 1.09 bits per heavy atom. The summed E-state index contributed by atoms with van der Waals surface area (Å²) in [6.07, 6.45) is 1.02. The van der Waals surface area contributed by atoms with Crippen molar-refractivity contribution in [3.05, 3.63) is 35.9 Å². The number of carboxylic acids is 2. The highest BCUT2D eigenvalue weighted by molar-refractivity contribution is 5.82. The number of carbonyl (C=O) groups excluding carboxylic acids is 1. The monoisotopic (exact) mass is 322 g/mol. The van der Waals surface area contributed by atoms with Gasteiger partial charge in [-0.3, -0.25) is 9.59 Å². The van der Waals surface area contributed by atoms with E-state index in [1.165, 1.54) is 12.5 Å². The van der Waals surface area contributed by atoms with Crippen molar-refractivity contribution >= 4 is 18.0 Å². The van der Waals surface area contributed by atoms with Crippen LogP contribution >= 0.6 is 0 Å². The third kappa shape index (κ3) is 6.82. The third-order valence-corrected chi connectivity index (χ3v) is 3.47. The topological polar surface area (TPSA) is 116 Å². The fraction of sp³-hybridized carbons (Fsp3) is 0.438. The second-order valence-electron chi connectivity index (χ2n) is 5.63. The van der Waals surface area contributed by atoms with Gasteiger partial charge in [0.1, 0.15) is 0 Å². The number of carbonyl (C=O) groups is 3. The molecule has 0 fully saturated rings. The maximum Gasteiger partial charge on any atom is 0.314 e. The molecule has 0 bridgehead atoms. The highest BCUT2D eigenvalue weighted by atomic mass is 16.4. The lowest BCUT2D eigenvalue weighted by molar-refractivity contribution is -0.154. The van der Waals surface area contributed by atoms with Crippen LogP contribution in [-0.4, -0.2) is 41.3 Å². The Bertz CT molecular complexity index is 547. The van der Waals surface area contributed by atoms with Crippen LogP contribution < -0.4 is 10.6 Å². The summed E-state index contributed by atoms with van der Waals surface area (Å²) in [6.45, 7) is 1.49. The molecule has 126 valence electrons. The van der Waals surface area contributed by atoms with Crippen LogP contribution in [0.5, 0.6) is 0 Å². The molecule has 0 saturated heterocycles. The molecule has 4 N–H and O–H groups in total. The Morgan fingerprint density at radius 2 is 1.74 bits per heavy atom. The molecule has 0 aliphatic carbocycles. The zero-order valence-electron chi connectivity index (χ0n) is 13.0. The molecule has 1 rings (SSSR count). The fourth-order valence-electron chi connectivity index (χ4n) is 2.02. The summed E-state index contributed by atoms with van der Waals surface area (Å²) < 4.78 is 0. The molecule has 1 aromatic rings. The summed E-state index contributed by atoms with van der Waals surface area (Å²) in [5.74, 6) is -2.48. The Balaban J connectivity index is 2.30. The van der Waals surface area contributed by atoms with Crippen LogP contribution in [0.2, 0.25) is 0 Å². The first-order valence-corrected chi connectivity index (χ1v) is 7.34. The third-order valence-electron chi connectivity index (χ3n) is 3.47. The van der Waals surface area contributed by atoms with Crippen molar-refractivity contribution in [2.24, 2.45) is 5.41 Å². The predicted molar refractivity (Wildman–Crippen MR) is 84.2 cm³/mol. The molecule has 0 aromatic heterocycles. The first-order valence-electron chi connectivity index (χ1n) is 7.34. The van der Waals surface area contributed by atoms with E-state index in [1.807, 2.05) is 30.3 Å². The van der Waals surface area contributed by atoms with E-state index in [2.05, 4.69) is 10.6 Å². The molecule has 7 heteroatoms. The number of hydrogen-bond donors (Lipinski definition) is 4. The van der Waals surface area contributed by atoms with Crippen LogP contribution in [0.4, 0.5) is 4.79 Å². The molecule has 23 heavy (non-hydrogen) atoms. The highest BCUT2D eigenvalue weighted by Gasteiger charge is 2.36. The maximum absolute atomic E-state index is 11.6. The molecule has 0 saturated carbocycles. The van der Waals surface area contributed by atoms with Gasteiger partial charge in [0.05, 0.1) is 11.8 Å². The van der Waals surface area contributed by atoms with Gasteiger partial charge in [0.2, 0.25) is 0 Å². The second-order valence-corrected chi connectivity index (χ2v) is 5.63. The standard InChI is InChI=1S/C16H22N2O5/c1-16(14(21)22,10-13(19)20)11-18-15(23)17-9-5-8-12-6-3-2-4-7-12/h2-4,6-7H,5,8-11H2,1H3,(H,19,20)(H,21,22)(H2,17,18,23). The summed E-state index contributed by atoms with van der Waals surface area (Å²) >= 11 is 0. The molecule has 1 atom stereocenters. The maximum atomic E-state index is 11.6. The van der Waals surface area contributed by atoms with Crippen LogP contribution in [0.15, 0.2) is 30.3 Å². The molecule has 0 aliphatic rings. The fourth-order valence-corrected chi connectivity index (χ4v) is 2.02. The van der Waals surface area contributed by atoms with Crippen LogP contribution in [0.1, 0.15) is 25.3 Å². The summed E-state index contributed by atoms with van der Waals surface area (Å²) in [6, 6.07) is 9.34. The number of carboxylic acid groups (broad SMARTS) is 2. The minimum Gasteiger partial charge on any atom is -0.481 e. The van der Waals surface area contributed by atoms with Crippen molar-refractivity contribution in [2.45, 2.75) is 26.2 Å². The van der Waals surface area contributed by atoms with E-state index >= 15 is 0 Å². The van der Waals surface area contributed by atoms with Gasteiger partial charge in [0.15, 0.2) is 0 Å². The number of nitrogens with one attached hydrogen (secondary N) is 2. The minimum atomic E-state index is -1.53. The molecule has 1 aromatic carbocycles. The van der Waals surface area contributed by atoms with Crippen molar-refractivity contribution in [2.75, 3.05) is 13.1 Å². The number of aryl methyl sites for hydroxylation is 1. The van der Waals surface area contributed by atoms with E-state index in [9.17, 15) is 14.4 Å². The SMILES string of the molecule is CC(CNC(=O)NCCCc1ccccc1)(CC(=O)O)C(=O)O. The van der Waals surface area contributed by atoms with Crippen molar-refractivity contribution in [3.8, 4) is 0 Å². The van der Waals surface area contributed by atoms with Crippen molar-refractivity contribution < 1.29 is 24.6 Å². The molecule has 2 amide bonds. The van der Waals surface area contributed by atoms with Gasteiger partial charge in [-0.05, 0) is 25.3 Å². The van der Waals surface area contributed by atoms with E-state index in [0.717, 1.165) is 12.8 Å². The molecular weight excluding hydrogens is 300 g/mol. The van der Waals surface area contributed by atoms with Gasteiger partial charge < -0.3 is 20.8 Å². The van der Waals surface area contributed by atoms with Crippen LogP contribution in [0, 0.1) is 5.41 Å². The zero-order chi connectivity index (χ0) is 17.3. The van der Waals surface area contributed by atoms with E-state index < -0.39 is 29.8 Å². The van der Waals surface area contributed by atoms with Gasteiger partial charge in [-0.25, -0.2) is 4.79 Å². The molecule has 1 unspecified atom stereocenters. The number of hydrogen-bond acceptors (Lipinski definition) is 3. The zero-order valence-corrected chi connectivity index (χ0v) is 13.0. The number of rotatable bonds is 9. The predicted octanol–water partition coefficient (Wildman–Crippen LogP) is 1.48. The van der Waals surface area contributed by atoms with Gasteiger partial charge in [-0.15, -0.1) is 0 Å². The van der Waals surface area contributed by atoms with Crippen molar-refractivity contribution in [1.82, 2.24) is 10.6 Å². The summed E-state index contributed by atoms with van der Waals surface area (Å²) in [4.78, 5) is 33.5. The minimum absolute atomic E-state index is 0.251. The molecule has 0 aliphatic heterocycles. The summed E-state index contributed by atoms with van der Waals surface area (Å²) in [5, 5.41) is 22.9. The van der Waals surface area contributed by atoms with E-state index in [-0.39, 0.29) is 6.54 Å². The lowest BCUT2D eigenvalue weighted by Crippen LogP contribution is -2.46. The normalized spacial score (nSPS) is 12.9. The molecule has 0 heterocycles. The average molecular weight is 322 g/mol. The number of benzene rings is 1. The Kier molecular flexibility index (Phi) is 7.05. The number of amides is 2. The van der Waals surface area contributed by atoms with Crippen LogP contribution in [0.3, 0.4) is 0 Å². The van der Waals surface area contributed by atoms with Gasteiger partial charge in [-0.1, -0.05) is 30.3 Å². The van der Waals surface area contributed by atoms with Gasteiger partial charge in [0.25, 0.3) is 0 Å². The van der Waals surface area contributed by atoms with Gasteiger partial charge >= 0.3 is 18.0 Å². The quantitative estimate of drug-likeness (QED) is 0.514. The van der Waals surface area contributed by atoms with Gasteiger partial charge in [-0.2, -0.15) is 0 Å². The molecular formula is C16H22N2O5. The molecule has 0 radical (unpaired) electrons. The largest absolute Gasteiger partial charge is 0.481 e. The Labute approximate surface area is 134 Å².